The molecule has 0 aliphatic carbocycles. The number of anilines is 2. The average Bonchev–Trinajstić information content (AvgIpc) is 2.64. The van der Waals surface area contributed by atoms with Gasteiger partial charge in [-0.05, 0) is 49.4 Å². The van der Waals surface area contributed by atoms with Crippen LogP contribution in [0.3, 0.4) is 0 Å². The van der Waals surface area contributed by atoms with Crippen LogP contribution in [0.1, 0.15) is 6.92 Å². The van der Waals surface area contributed by atoms with Gasteiger partial charge in [-0.3, -0.25) is 9.69 Å². The predicted molar refractivity (Wildman–Crippen MR) is 106 cm³/mol. The van der Waals surface area contributed by atoms with E-state index in [1.54, 1.807) is 0 Å². The van der Waals surface area contributed by atoms with Crippen molar-refractivity contribution in [1.82, 2.24) is 4.90 Å². The molecule has 0 radical (unpaired) electrons. The molecule has 1 aliphatic rings. The molecule has 0 unspecified atom stereocenters. The lowest BCUT2D eigenvalue weighted by Gasteiger charge is -2.35. The minimum atomic E-state index is 0.00497. The summed E-state index contributed by atoms with van der Waals surface area (Å²) in [6, 6.07) is 15.3. The number of nitrogens with one attached hydrogen (secondary N) is 1. The lowest BCUT2D eigenvalue weighted by atomic mass is 10.2. The number of carbonyl (C=O) groups excluding carboxylic acids is 1. The Morgan fingerprint density at radius 3 is 2.50 bits per heavy atom. The second-order valence-electron chi connectivity index (χ2n) is 6.25. The SMILES string of the molecule is CCOc1ccc(NC(=O)CN2CCN(c3cccc(Cl)c3)CC2)cc1. The van der Waals surface area contributed by atoms with E-state index in [4.69, 9.17) is 16.3 Å². The molecule has 1 heterocycles. The summed E-state index contributed by atoms with van der Waals surface area (Å²) in [4.78, 5) is 16.7. The molecule has 138 valence electrons. The van der Waals surface area contributed by atoms with Crippen molar-refractivity contribution in [2.75, 3.05) is 49.5 Å². The molecule has 6 heteroatoms. The van der Waals surface area contributed by atoms with Gasteiger partial charge in [-0.2, -0.15) is 0 Å². The second kappa shape index (κ2) is 8.92. The minimum Gasteiger partial charge on any atom is -0.494 e. The summed E-state index contributed by atoms with van der Waals surface area (Å²) in [6.07, 6.45) is 0. The quantitative estimate of drug-likeness (QED) is 0.841. The van der Waals surface area contributed by atoms with Crippen LogP contribution in [-0.2, 0) is 4.79 Å². The molecule has 2 aromatic rings. The summed E-state index contributed by atoms with van der Waals surface area (Å²) in [7, 11) is 0. The van der Waals surface area contributed by atoms with E-state index in [0.717, 1.165) is 48.3 Å². The van der Waals surface area contributed by atoms with Crippen LogP contribution in [0.5, 0.6) is 5.75 Å². The maximum atomic E-state index is 12.3. The van der Waals surface area contributed by atoms with Crippen molar-refractivity contribution in [3.63, 3.8) is 0 Å². The van der Waals surface area contributed by atoms with Gasteiger partial charge in [0.1, 0.15) is 5.75 Å². The van der Waals surface area contributed by atoms with Gasteiger partial charge in [-0.15, -0.1) is 0 Å². The van der Waals surface area contributed by atoms with Crippen molar-refractivity contribution < 1.29 is 9.53 Å². The van der Waals surface area contributed by atoms with Crippen LogP contribution < -0.4 is 15.0 Å². The zero-order chi connectivity index (χ0) is 18.4. The maximum absolute atomic E-state index is 12.3. The van der Waals surface area contributed by atoms with Crippen LogP contribution in [0, 0.1) is 0 Å². The van der Waals surface area contributed by atoms with Gasteiger partial charge in [0.2, 0.25) is 5.91 Å². The Bertz CT molecular complexity index is 728. The largest absolute Gasteiger partial charge is 0.494 e. The monoisotopic (exact) mass is 373 g/mol. The van der Waals surface area contributed by atoms with Gasteiger partial charge >= 0.3 is 0 Å². The number of halogens is 1. The zero-order valence-corrected chi connectivity index (χ0v) is 15.7. The average molecular weight is 374 g/mol. The highest BCUT2D eigenvalue weighted by atomic mass is 35.5. The van der Waals surface area contributed by atoms with Crippen LogP contribution in [0.25, 0.3) is 0 Å². The summed E-state index contributed by atoms with van der Waals surface area (Å²) in [5.41, 5.74) is 1.92. The fourth-order valence-electron chi connectivity index (χ4n) is 3.04. The van der Waals surface area contributed by atoms with Gasteiger partial charge in [0.25, 0.3) is 0 Å². The predicted octanol–water partition coefficient (Wildman–Crippen LogP) is 3.50. The summed E-state index contributed by atoms with van der Waals surface area (Å²) < 4.78 is 5.41. The van der Waals surface area contributed by atoms with E-state index in [2.05, 4.69) is 21.2 Å². The van der Waals surface area contributed by atoms with Gasteiger partial charge in [-0.1, -0.05) is 17.7 Å². The summed E-state index contributed by atoms with van der Waals surface area (Å²) in [6.45, 7) is 6.45. The molecule has 2 aromatic carbocycles. The fourth-order valence-corrected chi connectivity index (χ4v) is 3.23. The Hall–Kier alpha value is -2.24. The van der Waals surface area contributed by atoms with Crippen molar-refractivity contribution in [2.45, 2.75) is 6.92 Å². The molecule has 0 spiro atoms. The highest BCUT2D eigenvalue weighted by molar-refractivity contribution is 6.30. The molecule has 0 bridgehead atoms. The third-order valence-corrected chi connectivity index (χ3v) is 4.60. The summed E-state index contributed by atoms with van der Waals surface area (Å²) in [5.74, 6) is 0.813. The first-order chi connectivity index (χ1) is 12.6. The van der Waals surface area contributed by atoms with Crippen LogP contribution in [0.15, 0.2) is 48.5 Å². The standard InChI is InChI=1S/C20H24ClN3O2/c1-2-26-19-8-6-17(7-9-19)22-20(25)15-23-10-12-24(13-11-23)18-5-3-4-16(21)14-18/h3-9,14H,2,10-13,15H2,1H3,(H,22,25). The van der Waals surface area contributed by atoms with Gasteiger partial charge in [0.05, 0.1) is 13.2 Å². The van der Waals surface area contributed by atoms with Gasteiger partial charge in [-0.25, -0.2) is 0 Å². The van der Waals surface area contributed by atoms with Crippen LogP contribution in [-0.4, -0.2) is 50.1 Å². The fraction of sp³-hybridized carbons (Fsp3) is 0.350. The zero-order valence-electron chi connectivity index (χ0n) is 15.0. The number of hydrogen-bond donors (Lipinski definition) is 1. The number of piperazine rings is 1. The number of ether oxygens (including phenoxy) is 1. The van der Waals surface area contributed by atoms with E-state index >= 15 is 0 Å². The first-order valence-electron chi connectivity index (χ1n) is 8.89. The van der Waals surface area contributed by atoms with Crippen LogP contribution in [0.2, 0.25) is 5.02 Å². The van der Waals surface area contributed by atoms with E-state index in [-0.39, 0.29) is 5.91 Å². The molecule has 1 saturated heterocycles. The topological polar surface area (TPSA) is 44.8 Å². The Kier molecular flexibility index (Phi) is 6.36. The Morgan fingerprint density at radius 1 is 1.12 bits per heavy atom. The summed E-state index contributed by atoms with van der Waals surface area (Å²) >= 11 is 6.07. The molecule has 3 rings (SSSR count). The molecule has 0 atom stereocenters. The number of amides is 1. The Morgan fingerprint density at radius 2 is 1.85 bits per heavy atom. The third kappa shape index (κ3) is 5.13. The van der Waals surface area contributed by atoms with Crippen molar-refractivity contribution in [1.29, 1.82) is 0 Å². The van der Waals surface area contributed by atoms with Crippen molar-refractivity contribution >= 4 is 28.9 Å². The van der Waals surface area contributed by atoms with Crippen LogP contribution >= 0.6 is 11.6 Å². The van der Waals surface area contributed by atoms with E-state index in [1.165, 1.54) is 0 Å². The van der Waals surface area contributed by atoms with E-state index in [0.29, 0.717) is 13.2 Å². The van der Waals surface area contributed by atoms with Gasteiger partial charge in [0, 0.05) is 42.6 Å². The Balaban J connectivity index is 1.46. The first kappa shape index (κ1) is 18.5. The highest BCUT2D eigenvalue weighted by Crippen LogP contribution is 2.21. The van der Waals surface area contributed by atoms with E-state index in [9.17, 15) is 4.79 Å². The van der Waals surface area contributed by atoms with Crippen molar-refractivity contribution in [3.05, 3.63) is 53.6 Å². The normalized spacial score (nSPS) is 14.9. The van der Waals surface area contributed by atoms with Crippen molar-refractivity contribution in [2.24, 2.45) is 0 Å². The number of hydrogen-bond acceptors (Lipinski definition) is 4. The molecule has 26 heavy (non-hydrogen) atoms. The smallest absolute Gasteiger partial charge is 0.238 e. The number of benzene rings is 2. The van der Waals surface area contributed by atoms with Gasteiger partial charge in [0.15, 0.2) is 0 Å². The summed E-state index contributed by atoms with van der Waals surface area (Å²) in [5, 5.41) is 3.69. The lowest BCUT2D eigenvalue weighted by molar-refractivity contribution is -0.117. The molecule has 1 amide bonds. The molecule has 1 N–H and O–H groups in total. The van der Waals surface area contributed by atoms with E-state index < -0.39 is 0 Å². The van der Waals surface area contributed by atoms with Crippen LogP contribution in [0.4, 0.5) is 11.4 Å². The highest BCUT2D eigenvalue weighted by Gasteiger charge is 2.19. The Labute approximate surface area is 159 Å². The third-order valence-electron chi connectivity index (χ3n) is 4.36. The van der Waals surface area contributed by atoms with E-state index in [1.807, 2.05) is 49.4 Å². The number of rotatable bonds is 6. The first-order valence-corrected chi connectivity index (χ1v) is 9.27. The molecule has 1 fully saturated rings. The number of carbonyl (C=O) groups is 1. The van der Waals surface area contributed by atoms with Gasteiger partial charge < -0.3 is 15.0 Å². The molecular formula is C20H24ClN3O2. The molecular weight excluding hydrogens is 350 g/mol. The molecule has 5 nitrogen and oxygen atoms in total. The maximum Gasteiger partial charge on any atom is 0.238 e. The second-order valence-corrected chi connectivity index (χ2v) is 6.69. The molecule has 1 aliphatic heterocycles. The number of nitrogens with zero attached hydrogens (tertiary/aromatic N) is 2. The van der Waals surface area contributed by atoms with Crippen molar-refractivity contribution in [3.8, 4) is 5.75 Å². The minimum absolute atomic E-state index is 0.00497. The molecule has 0 saturated carbocycles. The lowest BCUT2D eigenvalue weighted by Crippen LogP contribution is -2.48. The molecule has 0 aromatic heterocycles.